The van der Waals surface area contributed by atoms with Crippen LogP contribution in [-0.2, 0) is 9.84 Å². The van der Waals surface area contributed by atoms with Gasteiger partial charge in [0.25, 0.3) is 0 Å². The average molecular weight is 277 g/mol. The second kappa shape index (κ2) is 4.57. The van der Waals surface area contributed by atoms with Crippen LogP contribution in [0.5, 0.6) is 0 Å². The standard InChI is InChI=1S/C11H13ClO4S/c12-10-9(6-8(13)11(10)14)17(15,16)7-4-2-1-3-5-7/h1-5,8-11,13-14H,6H2/t8?,9-,10+,11?/m0/s1. The van der Waals surface area contributed by atoms with E-state index < -0.39 is 32.7 Å². The Kier molecular flexibility index (Phi) is 3.45. The summed E-state index contributed by atoms with van der Waals surface area (Å²) in [6.07, 6.45) is -2.31. The van der Waals surface area contributed by atoms with Gasteiger partial charge in [-0.3, -0.25) is 0 Å². The van der Waals surface area contributed by atoms with Crippen molar-refractivity contribution in [3.8, 4) is 0 Å². The third kappa shape index (κ3) is 2.20. The molecule has 1 aliphatic carbocycles. The summed E-state index contributed by atoms with van der Waals surface area (Å²) in [4.78, 5) is 0.164. The summed E-state index contributed by atoms with van der Waals surface area (Å²) in [6, 6.07) is 7.93. The van der Waals surface area contributed by atoms with Gasteiger partial charge in [0.1, 0.15) is 0 Å². The number of rotatable bonds is 2. The molecule has 1 saturated carbocycles. The third-order valence-electron chi connectivity index (χ3n) is 3.02. The lowest BCUT2D eigenvalue weighted by Crippen LogP contribution is -2.32. The van der Waals surface area contributed by atoms with Crippen molar-refractivity contribution in [1.82, 2.24) is 0 Å². The maximum atomic E-state index is 12.2. The molecule has 0 spiro atoms. The molecule has 0 saturated heterocycles. The molecule has 1 aliphatic rings. The first kappa shape index (κ1) is 12.8. The van der Waals surface area contributed by atoms with Crippen molar-refractivity contribution >= 4 is 21.4 Å². The molecule has 1 fully saturated rings. The molecule has 0 bridgehead atoms. The van der Waals surface area contributed by atoms with Gasteiger partial charge in [-0.25, -0.2) is 8.42 Å². The number of alkyl halides is 1. The van der Waals surface area contributed by atoms with E-state index in [-0.39, 0.29) is 11.3 Å². The zero-order valence-electron chi connectivity index (χ0n) is 8.90. The summed E-state index contributed by atoms with van der Waals surface area (Å²) in [7, 11) is -3.61. The van der Waals surface area contributed by atoms with Gasteiger partial charge in [-0.1, -0.05) is 18.2 Å². The van der Waals surface area contributed by atoms with Crippen LogP contribution >= 0.6 is 11.6 Å². The summed E-state index contributed by atoms with van der Waals surface area (Å²) in [6.45, 7) is 0. The van der Waals surface area contributed by atoms with Crippen molar-refractivity contribution in [2.45, 2.75) is 34.2 Å². The van der Waals surface area contributed by atoms with E-state index in [0.29, 0.717) is 0 Å². The molecule has 0 aliphatic heterocycles. The Bertz CT molecular complexity index is 487. The van der Waals surface area contributed by atoms with Crippen LogP contribution in [-0.4, -0.2) is 41.5 Å². The minimum Gasteiger partial charge on any atom is -0.390 e. The summed E-state index contributed by atoms with van der Waals surface area (Å²) in [5.74, 6) is 0. The fourth-order valence-corrected chi connectivity index (χ4v) is 4.54. The first-order valence-electron chi connectivity index (χ1n) is 5.23. The Balaban J connectivity index is 2.35. The van der Waals surface area contributed by atoms with Gasteiger partial charge in [-0.15, -0.1) is 11.6 Å². The van der Waals surface area contributed by atoms with E-state index >= 15 is 0 Å². The van der Waals surface area contributed by atoms with Crippen LogP contribution in [0.15, 0.2) is 35.2 Å². The number of hydrogen-bond acceptors (Lipinski definition) is 4. The van der Waals surface area contributed by atoms with Crippen molar-refractivity contribution in [3.05, 3.63) is 30.3 Å². The van der Waals surface area contributed by atoms with E-state index in [1.807, 2.05) is 0 Å². The molecule has 4 nitrogen and oxygen atoms in total. The van der Waals surface area contributed by atoms with Gasteiger partial charge in [0.15, 0.2) is 9.84 Å². The molecule has 1 aromatic rings. The van der Waals surface area contributed by atoms with Crippen LogP contribution in [0.1, 0.15) is 6.42 Å². The molecule has 0 amide bonds. The lowest BCUT2D eigenvalue weighted by atomic mass is 10.3. The predicted octanol–water partition coefficient (Wildman–Crippen LogP) is 0.562. The fourth-order valence-electron chi connectivity index (χ4n) is 2.02. The number of sulfone groups is 1. The van der Waals surface area contributed by atoms with Crippen LogP contribution in [0.3, 0.4) is 0 Å². The van der Waals surface area contributed by atoms with E-state index in [9.17, 15) is 18.6 Å². The Morgan fingerprint density at radius 3 is 2.24 bits per heavy atom. The SMILES string of the molecule is O=S(=O)(c1ccccc1)[C@H]1CC(O)C(O)[C@@H]1Cl. The second-order valence-corrected chi connectivity index (χ2v) is 6.81. The minimum absolute atomic E-state index is 0.0352. The van der Waals surface area contributed by atoms with E-state index in [2.05, 4.69) is 0 Å². The monoisotopic (exact) mass is 276 g/mol. The van der Waals surface area contributed by atoms with E-state index in [1.165, 1.54) is 12.1 Å². The zero-order chi connectivity index (χ0) is 12.6. The molecule has 94 valence electrons. The van der Waals surface area contributed by atoms with Crippen LogP contribution < -0.4 is 0 Å². The number of halogens is 1. The van der Waals surface area contributed by atoms with Crippen molar-refractivity contribution in [1.29, 1.82) is 0 Å². The summed E-state index contributed by atoms with van der Waals surface area (Å²) >= 11 is 5.87. The maximum Gasteiger partial charge on any atom is 0.182 e. The smallest absolute Gasteiger partial charge is 0.182 e. The minimum atomic E-state index is -3.61. The Morgan fingerprint density at radius 1 is 1.18 bits per heavy atom. The molecule has 0 aromatic heterocycles. The molecule has 0 radical (unpaired) electrons. The molecule has 17 heavy (non-hydrogen) atoms. The van der Waals surface area contributed by atoms with Gasteiger partial charge < -0.3 is 10.2 Å². The molecule has 2 rings (SSSR count). The van der Waals surface area contributed by atoms with Crippen molar-refractivity contribution in [3.63, 3.8) is 0 Å². The largest absolute Gasteiger partial charge is 0.390 e. The second-order valence-electron chi connectivity index (χ2n) is 4.13. The van der Waals surface area contributed by atoms with E-state index in [1.54, 1.807) is 18.2 Å². The molecular formula is C11H13ClO4S. The zero-order valence-corrected chi connectivity index (χ0v) is 10.5. The van der Waals surface area contributed by atoms with Gasteiger partial charge in [-0.2, -0.15) is 0 Å². The molecular weight excluding hydrogens is 264 g/mol. The first-order chi connectivity index (χ1) is 7.94. The first-order valence-corrected chi connectivity index (χ1v) is 7.22. The fraction of sp³-hybridized carbons (Fsp3) is 0.455. The number of benzene rings is 1. The summed E-state index contributed by atoms with van der Waals surface area (Å²) in [5.41, 5.74) is 0. The average Bonchev–Trinajstić information content (AvgIpc) is 2.59. The van der Waals surface area contributed by atoms with Gasteiger partial charge in [0.2, 0.25) is 0 Å². The lowest BCUT2D eigenvalue weighted by molar-refractivity contribution is 0.0454. The van der Waals surface area contributed by atoms with Gasteiger partial charge >= 0.3 is 0 Å². The normalized spacial score (nSPS) is 33.8. The van der Waals surface area contributed by atoms with Crippen molar-refractivity contribution < 1.29 is 18.6 Å². The van der Waals surface area contributed by atoms with E-state index in [4.69, 9.17) is 11.6 Å². The van der Waals surface area contributed by atoms with Gasteiger partial charge in [0.05, 0.1) is 27.7 Å². The van der Waals surface area contributed by atoms with Crippen LogP contribution in [0, 0.1) is 0 Å². The number of hydrogen-bond donors (Lipinski definition) is 2. The Hall–Kier alpha value is -0.620. The van der Waals surface area contributed by atoms with Gasteiger partial charge in [0, 0.05) is 0 Å². The highest BCUT2D eigenvalue weighted by atomic mass is 35.5. The Labute approximate surface area is 105 Å². The topological polar surface area (TPSA) is 74.6 Å². The van der Waals surface area contributed by atoms with Crippen molar-refractivity contribution in [2.75, 3.05) is 0 Å². The van der Waals surface area contributed by atoms with Gasteiger partial charge in [-0.05, 0) is 18.6 Å². The molecule has 2 unspecified atom stereocenters. The summed E-state index contributed by atoms with van der Waals surface area (Å²) in [5, 5.41) is 17.0. The van der Waals surface area contributed by atoms with Crippen molar-refractivity contribution in [2.24, 2.45) is 0 Å². The number of aliphatic hydroxyl groups is 2. The van der Waals surface area contributed by atoms with Crippen LogP contribution in [0.25, 0.3) is 0 Å². The quantitative estimate of drug-likeness (QED) is 0.774. The highest BCUT2D eigenvalue weighted by Gasteiger charge is 2.47. The van der Waals surface area contributed by atoms with Crippen LogP contribution in [0.2, 0.25) is 0 Å². The third-order valence-corrected chi connectivity index (χ3v) is 5.94. The highest BCUT2D eigenvalue weighted by molar-refractivity contribution is 7.92. The molecule has 0 heterocycles. The highest BCUT2D eigenvalue weighted by Crippen LogP contribution is 2.33. The molecule has 4 atom stereocenters. The summed E-state index contributed by atoms with van der Waals surface area (Å²) < 4.78 is 24.5. The Morgan fingerprint density at radius 2 is 1.76 bits per heavy atom. The predicted molar refractivity (Wildman–Crippen MR) is 63.7 cm³/mol. The molecule has 2 N–H and O–H groups in total. The molecule has 6 heteroatoms. The van der Waals surface area contributed by atoms with Crippen LogP contribution in [0.4, 0.5) is 0 Å². The molecule has 1 aromatic carbocycles. The number of aliphatic hydroxyl groups excluding tert-OH is 2. The van der Waals surface area contributed by atoms with E-state index in [0.717, 1.165) is 0 Å². The maximum absolute atomic E-state index is 12.2. The lowest BCUT2D eigenvalue weighted by Gasteiger charge is -2.15.